The van der Waals surface area contributed by atoms with Crippen molar-refractivity contribution < 1.29 is 14.7 Å². The van der Waals surface area contributed by atoms with Crippen LogP contribution in [0.1, 0.15) is 39.0 Å². The molecule has 0 saturated carbocycles. The van der Waals surface area contributed by atoms with E-state index in [0.29, 0.717) is 29.2 Å². The van der Waals surface area contributed by atoms with Gasteiger partial charge in [-0.25, -0.2) is 14.8 Å². The molecule has 2 amide bonds. The summed E-state index contributed by atoms with van der Waals surface area (Å²) in [6, 6.07) is 9.99. The van der Waals surface area contributed by atoms with Gasteiger partial charge in [0, 0.05) is 19.3 Å². The van der Waals surface area contributed by atoms with E-state index in [1.807, 2.05) is 56.9 Å². The molecule has 0 aliphatic carbocycles. The molecule has 0 atom stereocenters. The van der Waals surface area contributed by atoms with E-state index in [1.54, 1.807) is 6.92 Å². The van der Waals surface area contributed by atoms with Crippen molar-refractivity contribution >= 4 is 34.9 Å². The molecular weight excluding hydrogens is 434 g/mol. The van der Waals surface area contributed by atoms with Crippen molar-refractivity contribution in [3.8, 4) is 6.07 Å². The summed E-state index contributed by atoms with van der Waals surface area (Å²) in [5.41, 5.74) is 2.90. The second kappa shape index (κ2) is 9.79. The Bertz CT molecular complexity index is 1180. The number of allylic oxidation sites excluding steroid dienone is 1. The van der Waals surface area contributed by atoms with E-state index < -0.39 is 12.0 Å². The molecule has 1 aromatic heterocycles. The van der Waals surface area contributed by atoms with Crippen LogP contribution in [0.2, 0.25) is 0 Å². The van der Waals surface area contributed by atoms with E-state index in [2.05, 4.69) is 26.7 Å². The van der Waals surface area contributed by atoms with Gasteiger partial charge in [0.05, 0.1) is 17.1 Å². The minimum absolute atomic E-state index is 0.00129. The van der Waals surface area contributed by atoms with Gasteiger partial charge in [-0.2, -0.15) is 5.26 Å². The fraction of sp³-hybridized carbons (Fsp3) is 0.375. The fourth-order valence-electron chi connectivity index (χ4n) is 3.73. The van der Waals surface area contributed by atoms with Gasteiger partial charge in [-0.3, -0.25) is 15.0 Å². The summed E-state index contributed by atoms with van der Waals surface area (Å²) in [6.07, 6.45) is 0.344. The highest BCUT2D eigenvalue weighted by Gasteiger charge is 2.28. The van der Waals surface area contributed by atoms with Gasteiger partial charge in [0.2, 0.25) is 11.9 Å². The number of aryl methyl sites for hydroxylation is 1. The summed E-state index contributed by atoms with van der Waals surface area (Å²) < 4.78 is 0. The maximum Gasteiger partial charge on any atom is 0.407 e. The number of carbonyl (C=O) groups is 2. The molecule has 0 radical (unpaired) electrons. The number of hydrogen-bond donors (Lipinski definition) is 3. The van der Waals surface area contributed by atoms with Gasteiger partial charge in [-0.15, -0.1) is 0 Å². The number of hydrogen-bond acceptors (Lipinski definition) is 7. The SMILES string of the molecule is CCN1C(=C(C#N)c2nc(NC(=O)CN(CC(C)(C)C)C(=O)O)ncc2C)Nc2ccccc21. The maximum absolute atomic E-state index is 12.6. The van der Waals surface area contributed by atoms with Crippen molar-refractivity contribution in [2.75, 3.05) is 35.2 Å². The minimum atomic E-state index is -1.18. The zero-order valence-electron chi connectivity index (χ0n) is 20.0. The number of nitrogens with one attached hydrogen (secondary N) is 2. The lowest BCUT2D eigenvalue weighted by molar-refractivity contribution is -0.117. The lowest BCUT2D eigenvalue weighted by Gasteiger charge is -2.27. The summed E-state index contributed by atoms with van der Waals surface area (Å²) in [4.78, 5) is 35.7. The van der Waals surface area contributed by atoms with E-state index in [0.717, 1.165) is 16.3 Å². The summed E-state index contributed by atoms with van der Waals surface area (Å²) in [6.45, 7) is 9.92. The fourth-order valence-corrected chi connectivity index (χ4v) is 3.73. The van der Waals surface area contributed by atoms with Crippen molar-refractivity contribution in [1.29, 1.82) is 5.26 Å². The summed E-state index contributed by atoms with van der Waals surface area (Å²) >= 11 is 0. The third-order valence-corrected chi connectivity index (χ3v) is 5.11. The second-order valence-electron chi connectivity index (χ2n) is 9.19. The van der Waals surface area contributed by atoms with Crippen molar-refractivity contribution in [2.24, 2.45) is 5.41 Å². The Hall–Kier alpha value is -4.13. The van der Waals surface area contributed by atoms with Crippen LogP contribution >= 0.6 is 0 Å². The number of rotatable bonds is 6. The predicted octanol–water partition coefficient (Wildman–Crippen LogP) is 3.89. The van der Waals surface area contributed by atoms with Gasteiger partial charge in [0.25, 0.3) is 0 Å². The molecule has 178 valence electrons. The van der Waals surface area contributed by atoms with E-state index >= 15 is 0 Å². The van der Waals surface area contributed by atoms with Crippen molar-refractivity contribution in [3.05, 3.63) is 47.5 Å². The Morgan fingerprint density at radius 3 is 2.62 bits per heavy atom. The van der Waals surface area contributed by atoms with Crippen LogP contribution in [-0.4, -0.2) is 51.6 Å². The van der Waals surface area contributed by atoms with E-state index in [1.165, 1.54) is 6.20 Å². The van der Waals surface area contributed by atoms with Crippen molar-refractivity contribution in [2.45, 2.75) is 34.6 Å². The average Bonchev–Trinajstić information content (AvgIpc) is 3.13. The Morgan fingerprint density at radius 1 is 1.29 bits per heavy atom. The van der Waals surface area contributed by atoms with Crippen LogP contribution in [-0.2, 0) is 4.79 Å². The van der Waals surface area contributed by atoms with Crippen molar-refractivity contribution in [3.63, 3.8) is 0 Å². The average molecular weight is 464 g/mol. The first-order valence-corrected chi connectivity index (χ1v) is 10.9. The topological polar surface area (TPSA) is 134 Å². The van der Waals surface area contributed by atoms with Gasteiger partial charge >= 0.3 is 6.09 Å². The molecule has 34 heavy (non-hydrogen) atoms. The van der Waals surface area contributed by atoms with E-state index in [9.17, 15) is 20.0 Å². The number of fused-ring (bicyclic) bond motifs is 1. The van der Waals surface area contributed by atoms with Crippen LogP contribution in [0.15, 0.2) is 36.3 Å². The molecule has 3 rings (SSSR count). The number of nitrogens with zero attached hydrogens (tertiary/aromatic N) is 5. The molecular formula is C24H29N7O3. The molecule has 0 spiro atoms. The Morgan fingerprint density at radius 2 is 2.00 bits per heavy atom. The third-order valence-electron chi connectivity index (χ3n) is 5.11. The number of carbonyl (C=O) groups excluding carboxylic acids is 1. The van der Waals surface area contributed by atoms with Gasteiger partial charge in [-0.05, 0) is 37.0 Å². The van der Waals surface area contributed by atoms with Crippen LogP contribution in [0.5, 0.6) is 0 Å². The third kappa shape index (κ3) is 5.43. The molecule has 2 aromatic rings. The standard InChI is InChI=1S/C24H29N7O3/c1-6-31-18-10-8-7-9-17(18)27-21(31)16(11-25)20-15(2)12-26-22(29-20)28-19(32)13-30(23(33)34)14-24(3,4)5/h7-10,12,27H,6,13-14H2,1-5H3,(H,33,34)(H,26,28,29,32). The monoisotopic (exact) mass is 463 g/mol. The van der Waals surface area contributed by atoms with Gasteiger partial charge < -0.3 is 15.3 Å². The summed E-state index contributed by atoms with van der Waals surface area (Å²) in [7, 11) is 0. The number of amides is 2. The number of nitriles is 1. The molecule has 3 N–H and O–H groups in total. The van der Waals surface area contributed by atoms with Crippen LogP contribution in [0, 0.1) is 23.7 Å². The van der Waals surface area contributed by atoms with Crippen molar-refractivity contribution in [1.82, 2.24) is 14.9 Å². The highest BCUT2D eigenvalue weighted by Crippen LogP contribution is 2.38. The summed E-state index contributed by atoms with van der Waals surface area (Å²) in [5.74, 6) is 0.0420. The Labute approximate surface area is 198 Å². The number of benzene rings is 1. The van der Waals surface area contributed by atoms with E-state index in [4.69, 9.17) is 0 Å². The molecule has 10 nitrogen and oxygen atoms in total. The summed E-state index contributed by atoms with van der Waals surface area (Å²) in [5, 5.41) is 25.3. The number of carboxylic acid groups (broad SMARTS) is 1. The Kier molecular flexibility index (Phi) is 7.05. The zero-order chi connectivity index (χ0) is 25.0. The molecule has 0 fully saturated rings. The first kappa shape index (κ1) is 24.5. The van der Waals surface area contributed by atoms with Gasteiger partial charge in [0.15, 0.2) is 0 Å². The molecule has 10 heteroatoms. The van der Waals surface area contributed by atoms with Crippen LogP contribution in [0.4, 0.5) is 22.1 Å². The van der Waals surface area contributed by atoms with Crippen LogP contribution in [0.25, 0.3) is 5.57 Å². The van der Waals surface area contributed by atoms with Gasteiger partial charge in [-0.1, -0.05) is 32.9 Å². The molecule has 1 aromatic carbocycles. The maximum atomic E-state index is 12.6. The normalized spacial score (nSPS) is 14.1. The quantitative estimate of drug-likeness (QED) is 0.549. The largest absolute Gasteiger partial charge is 0.465 e. The highest BCUT2D eigenvalue weighted by molar-refractivity contribution is 5.94. The molecule has 0 unspecified atom stereocenters. The molecule has 1 aliphatic heterocycles. The molecule has 0 bridgehead atoms. The van der Waals surface area contributed by atoms with E-state index in [-0.39, 0.29) is 24.5 Å². The number of aromatic nitrogens is 2. The molecule has 1 aliphatic rings. The minimum Gasteiger partial charge on any atom is -0.465 e. The highest BCUT2D eigenvalue weighted by atomic mass is 16.4. The zero-order valence-corrected chi connectivity index (χ0v) is 20.0. The van der Waals surface area contributed by atoms with Crippen LogP contribution in [0.3, 0.4) is 0 Å². The second-order valence-corrected chi connectivity index (χ2v) is 9.19. The number of para-hydroxylation sites is 2. The van der Waals surface area contributed by atoms with Crippen LogP contribution < -0.4 is 15.5 Å². The lowest BCUT2D eigenvalue weighted by Crippen LogP contribution is -2.42. The smallest absolute Gasteiger partial charge is 0.407 e. The number of anilines is 3. The lowest BCUT2D eigenvalue weighted by atomic mass is 9.96. The predicted molar refractivity (Wildman–Crippen MR) is 130 cm³/mol. The molecule has 2 heterocycles. The van der Waals surface area contributed by atoms with Gasteiger partial charge in [0.1, 0.15) is 24.0 Å². The first-order valence-electron chi connectivity index (χ1n) is 10.9. The molecule has 0 saturated heterocycles. The Balaban J connectivity index is 1.89. The first-order chi connectivity index (χ1) is 16.0.